The number of nitrogens with zero attached hydrogens (tertiary/aromatic N) is 2. The van der Waals surface area contributed by atoms with Crippen LogP contribution in [0.15, 0.2) is 28.9 Å². The highest BCUT2D eigenvalue weighted by Crippen LogP contribution is 2.25. The van der Waals surface area contributed by atoms with E-state index in [4.69, 9.17) is 0 Å². The molecule has 96 valence electrons. The molecular formula is C15H26N2. The topological polar surface area (TPSA) is 15.6 Å². The van der Waals surface area contributed by atoms with E-state index in [1.54, 1.807) is 0 Å². The van der Waals surface area contributed by atoms with Crippen LogP contribution in [0.5, 0.6) is 0 Å². The fourth-order valence-corrected chi connectivity index (χ4v) is 2.63. The van der Waals surface area contributed by atoms with Crippen molar-refractivity contribution in [3.8, 4) is 0 Å². The SMILES string of the molecule is C=N/C=C(\C=C/C)C(C)N(C)C1CCCCC1. The van der Waals surface area contributed by atoms with Crippen molar-refractivity contribution in [3.63, 3.8) is 0 Å². The highest BCUT2D eigenvalue weighted by Gasteiger charge is 2.22. The van der Waals surface area contributed by atoms with Gasteiger partial charge in [-0.05, 0) is 46.0 Å². The third-order valence-corrected chi connectivity index (χ3v) is 3.84. The summed E-state index contributed by atoms with van der Waals surface area (Å²) in [5.41, 5.74) is 1.25. The Balaban J connectivity index is 2.68. The van der Waals surface area contributed by atoms with Crippen LogP contribution >= 0.6 is 0 Å². The molecule has 1 fully saturated rings. The van der Waals surface area contributed by atoms with Crippen LogP contribution in [0, 0.1) is 0 Å². The maximum atomic E-state index is 3.91. The number of likely N-dealkylation sites (N-methyl/N-ethyl adjacent to an activating group) is 1. The lowest BCUT2D eigenvalue weighted by Crippen LogP contribution is -2.40. The predicted octanol–water partition coefficient (Wildman–Crippen LogP) is 3.80. The Morgan fingerprint density at radius 3 is 2.53 bits per heavy atom. The maximum Gasteiger partial charge on any atom is 0.0334 e. The average Bonchev–Trinajstić information content (AvgIpc) is 2.38. The van der Waals surface area contributed by atoms with Crippen molar-refractivity contribution in [2.24, 2.45) is 4.99 Å². The van der Waals surface area contributed by atoms with Crippen molar-refractivity contribution < 1.29 is 0 Å². The van der Waals surface area contributed by atoms with Crippen LogP contribution in [0.3, 0.4) is 0 Å². The van der Waals surface area contributed by atoms with Gasteiger partial charge in [0, 0.05) is 18.3 Å². The summed E-state index contributed by atoms with van der Waals surface area (Å²) in [5.74, 6) is 0. The molecule has 1 rings (SSSR count). The Kier molecular flexibility index (Phi) is 6.20. The van der Waals surface area contributed by atoms with E-state index in [0.717, 1.165) is 6.04 Å². The zero-order valence-electron chi connectivity index (χ0n) is 11.5. The van der Waals surface area contributed by atoms with Crippen LogP contribution in [0.4, 0.5) is 0 Å². The molecule has 0 heterocycles. The minimum Gasteiger partial charge on any atom is -0.297 e. The van der Waals surface area contributed by atoms with Crippen molar-refractivity contribution in [2.45, 2.75) is 58.0 Å². The van der Waals surface area contributed by atoms with Gasteiger partial charge in [0.1, 0.15) is 0 Å². The fourth-order valence-electron chi connectivity index (χ4n) is 2.63. The molecule has 1 atom stereocenters. The van der Waals surface area contributed by atoms with Crippen molar-refractivity contribution in [3.05, 3.63) is 23.9 Å². The van der Waals surface area contributed by atoms with Crippen LogP contribution < -0.4 is 0 Å². The van der Waals surface area contributed by atoms with Crippen LogP contribution in [0.25, 0.3) is 0 Å². The lowest BCUT2D eigenvalue weighted by molar-refractivity contribution is 0.164. The number of hydrogen-bond donors (Lipinski definition) is 0. The molecule has 0 radical (unpaired) electrons. The average molecular weight is 234 g/mol. The van der Waals surface area contributed by atoms with E-state index in [9.17, 15) is 0 Å². The van der Waals surface area contributed by atoms with E-state index >= 15 is 0 Å². The summed E-state index contributed by atoms with van der Waals surface area (Å²) >= 11 is 0. The summed E-state index contributed by atoms with van der Waals surface area (Å²) in [5, 5.41) is 0. The standard InChI is InChI=1S/C15H26N2/c1-5-9-14(12-16-3)13(2)17(4)15-10-7-6-8-11-15/h5,9,12-13,15H,3,6-8,10-11H2,1-2,4H3/b9-5-,14-12+. The highest BCUT2D eigenvalue weighted by atomic mass is 15.2. The minimum absolute atomic E-state index is 0.416. The van der Waals surface area contributed by atoms with Gasteiger partial charge in [0.2, 0.25) is 0 Å². The molecule has 2 heteroatoms. The molecule has 0 aromatic rings. The summed E-state index contributed by atoms with van der Waals surface area (Å²) in [6.45, 7) is 7.86. The van der Waals surface area contributed by atoms with Crippen molar-refractivity contribution in [1.29, 1.82) is 0 Å². The third-order valence-electron chi connectivity index (χ3n) is 3.84. The molecule has 17 heavy (non-hydrogen) atoms. The van der Waals surface area contributed by atoms with Crippen molar-refractivity contribution in [2.75, 3.05) is 7.05 Å². The van der Waals surface area contributed by atoms with Gasteiger partial charge in [-0.25, -0.2) is 0 Å². The van der Waals surface area contributed by atoms with Gasteiger partial charge in [-0.1, -0.05) is 31.4 Å². The van der Waals surface area contributed by atoms with Gasteiger partial charge in [0.25, 0.3) is 0 Å². The van der Waals surface area contributed by atoms with E-state index in [1.807, 2.05) is 13.1 Å². The summed E-state index contributed by atoms with van der Waals surface area (Å²) in [6.07, 6.45) is 12.9. The molecule has 0 amide bonds. The Bertz CT molecular complexity index is 285. The van der Waals surface area contributed by atoms with Gasteiger partial charge < -0.3 is 0 Å². The van der Waals surface area contributed by atoms with Gasteiger partial charge in [-0.15, -0.1) is 0 Å². The van der Waals surface area contributed by atoms with Gasteiger partial charge >= 0.3 is 0 Å². The molecule has 0 bridgehead atoms. The van der Waals surface area contributed by atoms with E-state index in [-0.39, 0.29) is 0 Å². The smallest absolute Gasteiger partial charge is 0.0334 e. The first-order valence-electron chi connectivity index (χ1n) is 6.71. The lowest BCUT2D eigenvalue weighted by Gasteiger charge is -2.36. The van der Waals surface area contributed by atoms with E-state index < -0.39 is 0 Å². The number of aliphatic imine (C=N–C) groups is 1. The van der Waals surface area contributed by atoms with Crippen LogP contribution in [0.2, 0.25) is 0 Å². The Hall–Kier alpha value is -0.890. The normalized spacial score (nSPS) is 21.1. The molecule has 1 saturated carbocycles. The second-order valence-electron chi connectivity index (χ2n) is 4.94. The van der Waals surface area contributed by atoms with E-state index in [1.165, 1.54) is 37.7 Å². The molecule has 0 aliphatic heterocycles. The van der Waals surface area contributed by atoms with Gasteiger partial charge in [-0.2, -0.15) is 0 Å². The highest BCUT2D eigenvalue weighted by molar-refractivity contribution is 5.31. The second kappa shape index (κ2) is 7.44. The van der Waals surface area contributed by atoms with Crippen LogP contribution in [0.1, 0.15) is 46.0 Å². The molecule has 1 aliphatic rings. The Morgan fingerprint density at radius 2 is 2.00 bits per heavy atom. The quantitative estimate of drug-likeness (QED) is 0.522. The fraction of sp³-hybridized carbons (Fsp3) is 0.667. The molecule has 0 spiro atoms. The third kappa shape index (κ3) is 4.12. The van der Waals surface area contributed by atoms with Crippen molar-refractivity contribution >= 4 is 6.72 Å². The van der Waals surface area contributed by atoms with Crippen LogP contribution in [-0.4, -0.2) is 30.7 Å². The number of hydrogen-bond acceptors (Lipinski definition) is 2. The monoisotopic (exact) mass is 234 g/mol. The molecule has 0 aromatic heterocycles. The molecule has 0 aromatic carbocycles. The van der Waals surface area contributed by atoms with Gasteiger partial charge in [0.05, 0.1) is 0 Å². The molecule has 0 N–H and O–H groups in total. The lowest BCUT2D eigenvalue weighted by atomic mass is 9.92. The summed E-state index contributed by atoms with van der Waals surface area (Å²) < 4.78 is 0. The largest absolute Gasteiger partial charge is 0.297 e. The van der Waals surface area contributed by atoms with Gasteiger partial charge in [0.15, 0.2) is 0 Å². The summed E-state index contributed by atoms with van der Waals surface area (Å²) in [6, 6.07) is 1.15. The first-order valence-corrected chi connectivity index (χ1v) is 6.71. The zero-order chi connectivity index (χ0) is 12.7. The van der Waals surface area contributed by atoms with Crippen molar-refractivity contribution in [1.82, 2.24) is 4.90 Å². The predicted molar refractivity (Wildman–Crippen MR) is 76.5 cm³/mol. The summed E-state index contributed by atoms with van der Waals surface area (Å²) in [4.78, 5) is 6.41. The molecule has 1 aliphatic carbocycles. The molecule has 0 saturated heterocycles. The molecule has 1 unspecified atom stereocenters. The number of rotatable bonds is 5. The first kappa shape index (κ1) is 14.2. The number of allylic oxidation sites excluding steroid dienone is 1. The second-order valence-corrected chi connectivity index (χ2v) is 4.94. The minimum atomic E-state index is 0.416. The Morgan fingerprint density at radius 1 is 1.35 bits per heavy atom. The first-order chi connectivity index (χ1) is 8.20. The molecule has 2 nitrogen and oxygen atoms in total. The Labute approximate surface area is 106 Å². The summed E-state index contributed by atoms with van der Waals surface area (Å²) in [7, 11) is 2.24. The van der Waals surface area contributed by atoms with Gasteiger partial charge in [-0.3, -0.25) is 9.89 Å². The van der Waals surface area contributed by atoms with E-state index in [0.29, 0.717) is 6.04 Å². The molecular weight excluding hydrogens is 208 g/mol. The maximum absolute atomic E-state index is 3.91. The van der Waals surface area contributed by atoms with Crippen LogP contribution in [-0.2, 0) is 0 Å². The van der Waals surface area contributed by atoms with E-state index in [2.05, 4.69) is 42.7 Å². The zero-order valence-corrected chi connectivity index (χ0v) is 11.5.